The Morgan fingerprint density at radius 3 is 2.68 bits per heavy atom. The molecular formula is C21H27NO3. The van der Waals surface area contributed by atoms with Gasteiger partial charge in [0.2, 0.25) is 5.91 Å². The molecule has 0 fully saturated rings. The molecule has 1 atom stereocenters. The highest BCUT2D eigenvalue weighted by Gasteiger charge is 2.09. The van der Waals surface area contributed by atoms with Gasteiger partial charge in [0, 0.05) is 6.04 Å². The molecule has 134 valence electrons. The molecule has 2 rings (SSSR count). The summed E-state index contributed by atoms with van der Waals surface area (Å²) >= 11 is 0. The van der Waals surface area contributed by atoms with E-state index in [1.165, 1.54) is 5.56 Å². The largest absolute Gasteiger partial charge is 0.497 e. The number of carbonyl (C=O) groups excluding carboxylic acids is 1. The number of carbonyl (C=O) groups is 1. The number of hydrogen-bond donors (Lipinski definition) is 1. The van der Waals surface area contributed by atoms with Crippen molar-refractivity contribution < 1.29 is 14.3 Å². The lowest BCUT2D eigenvalue weighted by Crippen LogP contribution is -2.34. The van der Waals surface area contributed by atoms with Gasteiger partial charge >= 0.3 is 0 Å². The summed E-state index contributed by atoms with van der Waals surface area (Å²) in [5, 5.41) is 3.02. The number of rotatable bonds is 8. The summed E-state index contributed by atoms with van der Waals surface area (Å²) < 4.78 is 10.9. The molecule has 0 aliphatic carbocycles. The lowest BCUT2D eigenvalue weighted by atomic mass is 10.1. The number of nitrogens with one attached hydrogen (secondary N) is 1. The molecule has 1 amide bonds. The highest BCUT2D eigenvalue weighted by atomic mass is 16.5. The van der Waals surface area contributed by atoms with Gasteiger partial charge in [-0.1, -0.05) is 29.8 Å². The number of aryl methyl sites for hydroxylation is 2. The zero-order valence-corrected chi connectivity index (χ0v) is 15.5. The van der Waals surface area contributed by atoms with Crippen molar-refractivity contribution in [2.45, 2.75) is 39.7 Å². The second-order valence-electron chi connectivity index (χ2n) is 6.39. The fraction of sp³-hybridized carbons (Fsp3) is 0.381. The van der Waals surface area contributed by atoms with E-state index in [2.05, 4.69) is 11.4 Å². The van der Waals surface area contributed by atoms with Crippen LogP contribution in [0.15, 0.2) is 42.5 Å². The Morgan fingerprint density at radius 2 is 1.96 bits per heavy atom. The van der Waals surface area contributed by atoms with Gasteiger partial charge in [0.25, 0.3) is 0 Å². The summed E-state index contributed by atoms with van der Waals surface area (Å²) in [6.45, 7) is 6.44. The minimum absolute atomic E-state index is 0.000149. The summed E-state index contributed by atoms with van der Waals surface area (Å²) in [6, 6.07) is 14.0. The van der Waals surface area contributed by atoms with Crippen molar-refractivity contribution in [3.8, 4) is 11.5 Å². The second kappa shape index (κ2) is 9.11. The van der Waals surface area contributed by atoms with Gasteiger partial charge in [-0.25, -0.2) is 0 Å². The number of methoxy groups -OCH3 is 1. The number of benzene rings is 2. The molecule has 0 saturated carbocycles. The Morgan fingerprint density at radius 1 is 1.16 bits per heavy atom. The zero-order valence-electron chi connectivity index (χ0n) is 15.5. The fourth-order valence-corrected chi connectivity index (χ4v) is 2.77. The smallest absolute Gasteiger partial charge is 0.223 e. The molecule has 0 spiro atoms. The van der Waals surface area contributed by atoms with Crippen LogP contribution >= 0.6 is 0 Å². The SMILES string of the molecule is COc1cccc(CC(C)NC(=O)CCOc2ccc(C)cc2C)c1. The average Bonchev–Trinajstić information content (AvgIpc) is 2.56. The van der Waals surface area contributed by atoms with Crippen molar-refractivity contribution in [1.29, 1.82) is 0 Å². The van der Waals surface area contributed by atoms with E-state index in [0.717, 1.165) is 29.0 Å². The number of ether oxygens (including phenoxy) is 2. The summed E-state index contributed by atoms with van der Waals surface area (Å²) in [4.78, 5) is 12.1. The van der Waals surface area contributed by atoms with E-state index < -0.39 is 0 Å². The van der Waals surface area contributed by atoms with E-state index in [1.807, 2.05) is 57.2 Å². The molecule has 0 radical (unpaired) electrons. The molecule has 0 aromatic heterocycles. The molecule has 0 bridgehead atoms. The van der Waals surface area contributed by atoms with Gasteiger partial charge in [0.1, 0.15) is 11.5 Å². The van der Waals surface area contributed by atoms with E-state index in [4.69, 9.17) is 9.47 Å². The van der Waals surface area contributed by atoms with Gasteiger partial charge < -0.3 is 14.8 Å². The molecule has 2 aromatic carbocycles. The van der Waals surface area contributed by atoms with Crippen LogP contribution in [-0.4, -0.2) is 25.7 Å². The first-order valence-electron chi connectivity index (χ1n) is 8.60. The molecule has 25 heavy (non-hydrogen) atoms. The standard InChI is InChI=1S/C21H27NO3/c1-15-8-9-20(16(2)12-15)25-11-10-21(23)22-17(3)13-18-6-5-7-19(14-18)24-4/h5-9,12,14,17H,10-11,13H2,1-4H3,(H,22,23). The third-order valence-electron chi connectivity index (χ3n) is 4.00. The summed E-state index contributed by atoms with van der Waals surface area (Å²) in [7, 11) is 1.65. The molecule has 0 aliphatic rings. The Bertz CT molecular complexity index is 712. The van der Waals surface area contributed by atoms with Crippen LogP contribution in [-0.2, 0) is 11.2 Å². The molecule has 0 saturated heterocycles. The Kier molecular flexibility index (Phi) is 6.87. The Labute approximate surface area is 150 Å². The third-order valence-corrected chi connectivity index (χ3v) is 4.00. The van der Waals surface area contributed by atoms with Crippen LogP contribution in [0.5, 0.6) is 11.5 Å². The van der Waals surface area contributed by atoms with E-state index in [-0.39, 0.29) is 11.9 Å². The van der Waals surface area contributed by atoms with Crippen molar-refractivity contribution in [2.75, 3.05) is 13.7 Å². The maximum absolute atomic E-state index is 12.1. The van der Waals surface area contributed by atoms with Crippen molar-refractivity contribution in [1.82, 2.24) is 5.32 Å². The van der Waals surface area contributed by atoms with Crippen molar-refractivity contribution in [3.63, 3.8) is 0 Å². The topological polar surface area (TPSA) is 47.6 Å². The van der Waals surface area contributed by atoms with Gasteiger partial charge in [0.05, 0.1) is 20.1 Å². The predicted octanol–water partition coefficient (Wildman–Crippen LogP) is 3.83. The maximum atomic E-state index is 12.1. The number of hydrogen-bond acceptors (Lipinski definition) is 3. The van der Waals surface area contributed by atoms with Crippen LogP contribution in [0.2, 0.25) is 0 Å². The first-order chi connectivity index (χ1) is 12.0. The minimum atomic E-state index is 0.000149. The second-order valence-corrected chi connectivity index (χ2v) is 6.39. The van der Waals surface area contributed by atoms with E-state index in [0.29, 0.717) is 13.0 Å². The molecular weight excluding hydrogens is 314 g/mol. The van der Waals surface area contributed by atoms with Crippen molar-refractivity contribution in [2.24, 2.45) is 0 Å². The monoisotopic (exact) mass is 341 g/mol. The molecule has 4 heteroatoms. The van der Waals surface area contributed by atoms with Gasteiger partial charge in [-0.3, -0.25) is 4.79 Å². The van der Waals surface area contributed by atoms with Crippen LogP contribution in [0.25, 0.3) is 0 Å². The van der Waals surface area contributed by atoms with Gasteiger partial charge in [-0.05, 0) is 56.5 Å². The van der Waals surface area contributed by atoms with Crippen molar-refractivity contribution in [3.05, 3.63) is 59.2 Å². The van der Waals surface area contributed by atoms with Gasteiger partial charge in [0.15, 0.2) is 0 Å². The average molecular weight is 341 g/mol. The van der Waals surface area contributed by atoms with Crippen LogP contribution < -0.4 is 14.8 Å². The van der Waals surface area contributed by atoms with Crippen LogP contribution in [0.3, 0.4) is 0 Å². The highest BCUT2D eigenvalue weighted by molar-refractivity contribution is 5.76. The van der Waals surface area contributed by atoms with Crippen LogP contribution in [0, 0.1) is 13.8 Å². The number of amides is 1. The minimum Gasteiger partial charge on any atom is -0.497 e. The normalized spacial score (nSPS) is 11.7. The van der Waals surface area contributed by atoms with E-state index >= 15 is 0 Å². The Balaban J connectivity index is 1.75. The maximum Gasteiger partial charge on any atom is 0.223 e. The van der Waals surface area contributed by atoms with Crippen LogP contribution in [0.1, 0.15) is 30.0 Å². The first kappa shape index (κ1) is 18.8. The first-order valence-corrected chi connectivity index (χ1v) is 8.60. The predicted molar refractivity (Wildman–Crippen MR) is 100 cm³/mol. The van der Waals surface area contributed by atoms with Crippen molar-refractivity contribution >= 4 is 5.91 Å². The third kappa shape index (κ3) is 6.14. The van der Waals surface area contributed by atoms with Crippen LogP contribution in [0.4, 0.5) is 0 Å². The quantitative estimate of drug-likeness (QED) is 0.794. The van der Waals surface area contributed by atoms with E-state index in [9.17, 15) is 4.79 Å². The highest BCUT2D eigenvalue weighted by Crippen LogP contribution is 2.18. The molecule has 0 heterocycles. The van der Waals surface area contributed by atoms with Gasteiger partial charge in [-0.2, -0.15) is 0 Å². The van der Waals surface area contributed by atoms with Gasteiger partial charge in [-0.15, -0.1) is 0 Å². The summed E-state index contributed by atoms with van der Waals surface area (Å²) in [5.41, 5.74) is 3.43. The lowest BCUT2D eigenvalue weighted by Gasteiger charge is -2.15. The van der Waals surface area contributed by atoms with E-state index in [1.54, 1.807) is 7.11 Å². The summed E-state index contributed by atoms with van der Waals surface area (Å²) in [6.07, 6.45) is 1.11. The molecule has 2 aromatic rings. The fourth-order valence-electron chi connectivity index (χ4n) is 2.77. The molecule has 1 unspecified atom stereocenters. The molecule has 0 aliphatic heterocycles. The molecule has 4 nitrogen and oxygen atoms in total. The zero-order chi connectivity index (χ0) is 18.2. The lowest BCUT2D eigenvalue weighted by molar-refractivity contribution is -0.122. The Hall–Kier alpha value is -2.49. The molecule has 1 N–H and O–H groups in total. The summed E-state index contributed by atoms with van der Waals surface area (Å²) in [5.74, 6) is 1.67.